The van der Waals surface area contributed by atoms with Crippen molar-refractivity contribution in [2.24, 2.45) is 5.41 Å². The van der Waals surface area contributed by atoms with Crippen molar-refractivity contribution < 1.29 is 4.74 Å². The second kappa shape index (κ2) is 2.76. The van der Waals surface area contributed by atoms with Gasteiger partial charge in [-0.2, -0.15) is 0 Å². The van der Waals surface area contributed by atoms with Crippen LogP contribution in [0.25, 0.3) is 0 Å². The van der Waals surface area contributed by atoms with Gasteiger partial charge in [0.1, 0.15) is 5.72 Å². The number of nitrogens with one attached hydrogen (secondary N) is 1. The number of ether oxygens (including phenoxy) is 1. The Morgan fingerprint density at radius 3 is 2.45 bits per heavy atom. The molecule has 0 aromatic carbocycles. The zero-order valence-electron chi connectivity index (χ0n) is 8.03. The van der Waals surface area contributed by atoms with Gasteiger partial charge < -0.3 is 4.74 Å². The molecule has 66 valence electrons. The lowest BCUT2D eigenvalue weighted by Gasteiger charge is -2.31. The first kappa shape index (κ1) is 9.01. The Labute approximate surface area is 69.3 Å². The van der Waals surface area contributed by atoms with Crippen LogP contribution in [-0.4, -0.2) is 18.9 Å². The van der Waals surface area contributed by atoms with Gasteiger partial charge in [0.15, 0.2) is 0 Å². The number of hydrogen-bond donors (Lipinski definition) is 1. The topological polar surface area (TPSA) is 21.3 Å². The van der Waals surface area contributed by atoms with Crippen molar-refractivity contribution in [1.82, 2.24) is 5.32 Å². The molecule has 1 aliphatic rings. The maximum absolute atomic E-state index is 5.61. The van der Waals surface area contributed by atoms with Gasteiger partial charge in [0.05, 0.1) is 6.61 Å². The van der Waals surface area contributed by atoms with Crippen molar-refractivity contribution in [2.45, 2.75) is 39.8 Å². The van der Waals surface area contributed by atoms with Crippen LogP contribution in [0.15, 0.2) is 0 Å². The molecule has 0 aliphatic carbocycles. The molecule has 1 unspecified atom stereocenters. The van der Waals surface area contributed by atoms with Crippen molar-refractivity contribution in [1.29, 1.82) is 0 Å². The van der Waals surface area contributed by atoms with E-state index in [0.717, 1.165) is 19.6 Å². The fourth-order valence-corrected chi connectivity index (χ4v) is 1.77. The zero-order chi connectivity index (χ0) is 8.54. The lowest BCUT2D eigenvalue weighted by atomic mass is 9.87. The molecule has 11 heavy (non-hydrogen) atoms. The maximum Gasteiger partial charge on any atom is 0.117 e. The van der Waals surface area contributed by atoms with Crippen LogP contribution in [0.5, 0.6) is 0 Å². The third-order valence-electron chi connectivity index (χ3n) is 1.89. The molecular weight excluding hydrogens is 138 g/mol. The Balaban J connectivity index is 2.46. The fraction of sp³-hybridized carbons (Fsp3) is 1.00. The minimum absolute atomic E-state index is 0.0712. The van der Waals surface area contributed by atoms with Crippen LogP contribution < -0.4 is 5.32 Å². The van der Waals surface area contributed by atoms with Crippen molar-refractivity contribution >= 4 is 0 Å². The first-order chi connectivity index (χ1) is 4.91. The van der Waals surface area contributed by atoms with Crippen LogP contribution in [0.2, 0.25) is 0 Å². The van der Waals surface area contributed by atoms with Crippen LogP contribution in [0, 0.1) is 5.41 Å². The summed E-state index contributed by atoms with van der Waals surface area (Å²) >= 11 is 0. The van der Waals surface area contributed by atoms with Gasteiger partial charge in [0.25, 0.3) is 0 Å². The summed E-state index contributed by atoms with van der Waals surface area (Å²) < 4.78 is 5.61. The standard InChI is InChI=1S/C9H19NO/c1-8(2,3)7-9(4)10-5-6-11-9/h10H,5-7H2,1-4H3. The first-order valence-electron chi connectivity index (χ1n) is 4.30. The smallest absolute Gasteiger partial charge is 0.117 e. The fourth-order valence-electron chi connectivity index (χ4n) is 1.77. The molecule has 0 spiro atoms. The highest BCUT2D eigenvalue weighted by molar-refractivity contribution is 4.82. The summed E-state index contributed by atoms with van der Waals surface area (Å²) in [6.45, 7) is 10.7. The van der Waals surface area contributed by atoms with E-state index < -0.39 is 0 Å². The lowest BCUT2D eigenvalue weighted by Crippen LogP contribution is -2.41. The molecule has 1 N–H and O–H groups in total. The Kier molecular flexibility index (Phi) is 2.26. The normalized spacial score (nSPS) is 32.7. The lowest BCUT2D eigenvalue weighted by molar-refractivity contribution is -0.0242. The largest absolute Gasteiger partial charge is 0.360 e. The molecule has 2 heteroatoms. The van der Waals surface area contributed by atoms with Crippen molar-refractivity contribution in [3.8, 4) is 0 Å². The van der Waals surface area contributed by atoms with Gasteiger partial charge in [-0.1, -0.05) is 20.8 Å². The predicted molar refractivity (Wildman–Crippen MR) is 46.4 cm³/mol. The summed E-state index contributed by atoms with van der Waals surface area (Å²) in [5.41, 5.74) is 0.268. The summed E-state index contributed by atoms with van der Waals surface area (Å²) in [5, 5.41) is 3.37. The minimum Gasteiger partial charge on any atom is -0.360 e. The Morgan fingerprint density at radius 1 is 1.45 bits per heavy atom. The van der Waals surface area contributed by atoms with Gasteiger partial charge in [-0.25, -0.2) is 0 Å². The summed E-state index contributed by atoms with van der Waals surface area (Å²) in [5.74, 6) is 0. The van der Waals surface area contributed by atoms with E-state index in [2.05, 4.69) is 33.0 Å². The minimum atomic E-state index is -0.0712. The molecule has 2 nitrogen and oxygen atoms in total. The second-order valence-corrected chi connectivity index (χ2v) is 4.74. The summed E-state index contributed by atoms with van der Waals surface area (Å²) in [6, 6.07) is 0. The highest BCUT2D eigenvalue weighted by Crippen LogP contribution is 2.29. The van der Waals surface area contributed by atoms with E-state index in [1.54, 1.807) is 0 Å². The van der Waals surface area contributed by atoms with Gasteiger partial charge in [0.2, 0.25) is 0 Å². The van der Waals surface area contributed by atoms with E-state index in [0.29, 0.717) is 5.41 Å². The summed E-state index contributed by atoms with van der Waals surface area (Å²) in [7, 11) is 0. The number of hydrogen-bond acceptors (Lipinski definition) is 2. The summed E-state index contributed by atoms with van der Waals surface area (Å²) in [6.07, 6.45) is 1.07. The third-order valence-corrected chi connectivity index (χ3v) is 1.89. The van der Waals surface area contributed by atoms with E-state index in [1.165, 1.54) is 0 Å². The first-order valence-corrected chi connectivity index (χ1v) is 4.30. The molecule has 1 aliphatic heterocycles. The third kappa shape index (κ3) is 2.80. The van der Waals surface area contributed by atoms with Crippen molar-refractivity contribution in [2.75, 3.05) is 13.2 Å². The Bertz CT molecular complexity index is 131. The van der Waals surface area contributed by atoms with Crippen LogP contribution in [0.1, 0.15) is 34.1 Å². The average Bonchev–Trinajstić information content (AvgIpc) is 2.09. The number of rotatable bonds is 1. The molecule has 0 amide bonds. The van der Waals surface area contributed by atoms with Crippen LogP contribution >= 0.6 is 0 Å². The molecule has 0 aromatic heterocycles. The van der Waals surface area contributed by atoms with E-state index in [4.69, 9.17) is 4.74 Å². The van der Waals surface area contributed by atoms with Crippen molar-refractivity contribution in [3.63, 3.8) is 0 Å². The SMILES string of the molecule is CC(C)(C)CC1(C)NCCO1. The van der Waals surface area contributed by atoms with Gasteiger partial charge in [-0.05, 0) is 18.8 Å². The second-order valence-electron chi connectivity index (χ2n) is 4.74. The quantitative estimate of drug-likeness (QED) is 0.626. The molecule has 0 radical (unpaired) electrons. The van der Waals surface area contributed by atoms with E-state index in [9.17, 15) is 0 Å². The average molecular weight is 157 g/mol. The van der Waals surface area contributed by atoms with E-state index in [1.807, 2.05) is 0 Å². The van der Waals surface area contributed by atoms with Crippen LogP contribution in [0.4, 0.5) is 0 Å². The highest BCUT2D eigenvalue weighted by atomic mass is 16.5. The molecule has 1 rings (SSSR count). The molecule has 0 saturated carbocycles. The highest BCUT2D eigenvalue weighted by Gasteiger charge is 2.33. The Morgan fingerprint density at radius 2 is 2.09 bits per heavy atom. The molecule has 1 heterocycles. The van der Waals surface area contributed by atoms with Gasteiger partial charge in [0, 0.05) is 6.54 Å². The zero-order valence-corrected chi connectivity index (χ0v) is 8.03. The molecule has 1 atom stereocenters. The summed E-state index contributed by atoms with van der Waals surface area (Å²) in [4.78, 5) is 0. The van der Waals surface area contributed by atoms with E-state index in [-0.39, 0.29) is 5.72 Å². The van der Waals surface area contributed by atoms with Crippen LogP contribution in [-0.2, 0) is 4.74 Å². The van der Waals surface area contributed by atoms with Gasteiger partial charge >= 0.3 is 0 Å². The molecule has 1 saturated heterocycles. The molecule has 0 aromatic rings. The van der Waals surface area contributed by atoms with Gasteiger partial charge in [-0.3, -0.25) is 5.32 Å². The molecule has 1 fully saturated rings. The van der Waals surface area contributed by atoms with E-state index >= 15 is 0 Å². The van der Waals surface area contributed by atoms with Gasteiger partial charge in [-0.15, -0.1) is 0 Å². The van der Waals surface area contributed by atoms with Crippen LogP contribution in [0.3, 0.4) is 0 Å². The Hall–Kier alpha value is -0.0800. The van der Waals surface area contributed by atoms with Crippen molar-refractivity contribution in [3.05, 3.63) is 0 Å². The molecule has 0 bridgehead atoms. The predicted octanol–water partition coefficient (Wildman–Crippen LogP) is 1.76. The monoisotopic (exact) mass is 157 g/mol. The molecular formula is C9H19NO. The maximum atomic E-state index is 5.61.